The van der Waals surface area contributed by atoms with E-state index >= 15 is 0 Å². The van der Waals surface area contributed by atoms with Crippen molar-refractivity contribution >= 4 is 23.6 Å². The van der Waals surface area contributed by atoms with Crippen molar-refractivity contribution in [1.29, 1.82) is 0 Å². The molecular weight excluding hydrogens is 459 g/mol. The SMILES string of the molecule is CC(O)[C@H]1C(=O)N2C(C(=O)[O-])=C3[C@@H](NC(=O)Nc4ccc(-c5ccccc5)nc4)CCC[C@@H]3[C@H]12.[Na+]. The molecule has 3 amide bonds. The Bertz CT molecular complexity index is 1170. The number of pyridine rings is 1. The van der Waals surface area contributed by atoms with Crippen LogP contribution in [0.1, 0.15) is 26.2 Å². The Balaban J connectivity index is 0.00000289. The number of amides is 3. The molecular formula is C25H25N4NaO5. The summed E-state index contributed by atoms with van der Waals surface area (Å²) in [6, 6.07) is 11.8. The molecule has 3 N–H and O–H groups in total. The number of carbonyl (C=O) groups is 3. The molecule has 1 aliphatic carbocycles. The van der Waals surface area contributed by atoms with Crippen molar-refractivity contribution in [3.63, 3.8) is 0 Å². The van der Waals surface area contributed by atoms with Crippen molar-refractivity contribution < 1.29 is 54.2 Å². The number of nitrogens with zero attached hydrogens (tertiary/aromatic N) is 2. The van der Waals surface area contributed by atoms with Crippen LogP contribution in [0, 0.1) is 11.8 Å². The van der Waals surface area contributed by atoms with Gasteiger partial charge in [0.1, 0.15) is 0 Å². The van der Waals surface area contributed by atoms with E-state index in [9.17, 15) is 24.6 Å². The molecule has 2 fully saturated rings. The molecule has 10 heteroatoms. The van der Waals surface area contributed by atoms with Gasteiger partial charge in [-0.1, -0.05) is 36.8 Å². The third-order valence-corrected chi connectivity index (χ3v) is 7.01. The van der Waals surface area contributed by atoms with Crippen LogP contribution >= 0.6 is 0 Å². The van der Waals surface area contributed by atoms with Crippen LogP contribution in [0.25, 0.3) is 11.3 Å². The van der Waals surface area contributed by atoms with Gasteiger partial charge in [-0.3, -0.25) is 9.78 Å². The molecule has 5 rings (SSSR count). The number of hydrogen-bond acceptors (Lipinski definition) is 6. The van der Waals surface area contributed by atoms with Gasteiger partial charge in [-0.05, 0) is 37.5 Å². The Hall–Kier alpha value is -2.72. The van der Waals surface area contributed by atoms with Gasteiger partial charge in [0.2, 0.25) is 5.91 Å². The van der Waals surface area contributed by atoms with Gasteiger partial charge >= 0.3 is 35.6 Å². The fourth-order valence-electron chi connectivity index (χ4n) is 5.60. The first-order chi connectivity index (χ1) is 16.4. The van der Waals surface area contributed by atoms with Crippen LogP contribution in [-0.4, -0.2) is 51.1 Å². The van der Waals surface area contributed by atoms with E-state index in [0.717, 1.165) is 17.7 Å². The number of carboxylic acid groups (broad SMARTS) is 1. The first-order valence-corrected chi connectivity index (χ1v) is 11.4. The molecule has 3 aliphatic rings. The fraction of sp³-hybridized carbons (Fsp3) is 0.360. The topological polar surface area (TPSA) is 135 Å². The normalized spacial score (nSPS) is 25.5. The maximum atomic E-state index is 12.8. The van der Waals surface area contributed by atoms with Crippen LogP contribution in [0.4, 0.5) is 10.5 Å². The number of aliphatic carboxylic acids is 1. The van der Waals surface area contributed by atoms with E-state index in [0.29, 0.717) is 24.1 Å². The second kappa shape index (κ2) is 10.1. The third kappa shape index (κ3) is 4.49. The second-order valence-corrected chi connectivity index (χ2v) is 9.04. The molecule has 1 aromatic heterocycles. The van der Waals surface area contributed by atoms with Crippen LogP contribution in [0.3, 0.4) is 0 Å². The monoisotopic (exact) mass is 484 g/mol. The number of aromatic nitrogens is 1. The van der Waals surface area contributed by atoms with Crippen LogP contribution in [0.2, 0.25) is 0 Å². The molecule has 1 saturated carbocycles. The largest absolute Gasteiger partial charge is 1.00 e. The van der Waals surface area contributed by atoms with E-state index in [4.69, 9.17) is 0 Å². The quantitative estimate of drug-likeness (QED) is 0.341. The fourth-order valence-corrected chi connectivity index (χ4v) is 5.60. The summed E-state index contributed by atoms with van der Waals surface area (Å²) in [5.41, 5.74) is 2.59. The Morgan fingerprint density at radius 1 is 1.17 bits per heavy atom. The molecule has 176 valence electrons. The summed E-state index contributed by atoms with van der Waals surface area (Å²) in [6.45, 7) is 1.54. The van der Waals surface area contributed by atoms with Gasteiger partial charge in [-0.15, -0.1) is 0 Å². The molecule has 3 heterocycles. The zero-order valence-corrected chi connectivity index (χ0v) is 21.6. The zero-order chi connectivity index (χ0) is 24.0. The Morgan fingerprint density at radius 2 is 1.91 bits per heavy atom. The standard InChI is InChI=1S/C25H26N4O5.Na/c1-13(30)19-21-16-8-5-9-18(20(16)22(24(32)33)29(21)23(19)31)28-25(34)27-15-10-11-17(26-12-15)14-6-3-2-4-7-14;/h2-4,6-7,10-13,16,18-19,21,30H,5,8-9H2,1H3,(H,32,33)(H2,27,28,34);/q;+1/p-1/t13?,16-,18-,19+,21+;/m0./s1. The van der Waals surface area contributed by atoms with E-state index in [1.165, 1.54) is 4.90 Å². The predicted molar refractivity (Wildman–Crippen MR) is 121 cm³/mol. The minimum Gasteiger partial charge on any atom is -0.543 e. The van der Waals surface area contributed by atoms with Crippen LogP contribution in [0.5, 0.6) is 0 Å². The van der Waals surface area contributed by atoms with Crippen LogP contribution in [0.15, 0.2) is 59.9 Å². The molecule has 9 nitrogen and oxygen atoms in total. The first kappa shape index (κ1) is 25.4. The molecule has 2 aliphatic heterocycles. The Labute approximate surface area is 224 Å². The van der Waals surface area contributed by atoms with Gasteiger partial charge < -0.3 is 30.5 Å². The summed E-state index contributed by atoms with van der Waals surface area (Å²) in [6.07, 6.45) is 2.69. The van der Waals surface area contributed by atoms with E-state index < -0.39 is 42.0 Å². The first-order valence-electron chi connectivity index (χ1n) is 11.4. The number of hydrogen-bond donors (Lipinski definition) is 3. The molecule has 0 bridgehead atoms. The molecule has 2 aromatic rings. The summed E-state index contributed by atoms with van der Waals surface area (Å²) in [5, 5.41) is 27.7. The van der Waals surface area contributed by atoms with Crippen molar-refractivity contribution in [3.05, 3.63) is 59.9 Å². The number of β-lactam (4-membered cyclic amide) rings is 1. The molecule has 1 unspecified atom stereocenters. The van der Waals surface area contributed by atoms with Gasteiger partial charge in [-0.2, -0.15) is 0 Å². The summed E-state index contributed by atoms with van der Waals surface area (Å²) in [7, 11) is 0. The summed E-state index contributed by atoms with van der Waals surface area (Å²) in [4.78, 5) is 43.0. The number of benzene rings is 1. The number of fused-ring (bicyclic) bond motifs is 3. The minimum absolute atomic E-state index is 0. The Morgan fingerprint density at radius 3 is 2.54 bits per heavy atom. The van der Waals surface area contributed by atoms with Crippen molar-refractivity contribution in [2.24, 2.45) is 11.8 Å². The van der Waals surface area contributed by atoms with Gasteiger partial charge in [0.15, 0.2) is 0 Å². The van der Waals surface area contributed by atoms with Crippen molar-refractivity contribution in [2.45, 2.75) is 44.4 Å². The predicted octanol–water partition coefficient (Wildman–Crippen LogP) is -1.73. The van der Waals surface area contributed by atoms with Gasteiger partial charge in [-0.25, -0.2) is 4.79 Å². The van der Waals surface area contributed by atoms with E-state index in [2.05, 4.69) is 15.6 Å². The minimum atomic E-state index is -1.44. The zero-order valence-electron chi connectivity index (χ0n) is 19.6. The molecule has 0 radical (unpaired) electrons. The number of carbonyl (C=O) groups excluding carboxylic acids is 3. The number of carboxylic acids is 1. The average molecular weight is 484 g/mol. The van der Waals surface area contributed by atoms with Crippen LogP contribution < -0.4 is 45.3 Å². The molecule has 1 aromatic carbocycles. The maximum absolute atomic E-state index is 12.8. The Kier molecular flexibility index (Phi) is 7.32. The smallest absolute Gasteiger partial charge is 0.543 e. The number of aliphatic hydroxyl groups excluding tert-OH is 1. The second-order valence-electron chi connectivity index (χ2n) is 9.04. The molecule has 35 heavy (non-hydrogen) atoms. The summed E-state index contributed by atoms with van der Waals surface area (Å²) < 4.78 is 0. The van der Waals surface area contributed by atoms with Crippen LogP contribution in [-0.2, 0) is 9.59 Å². The van der Waals surface area contributed by atoms with E-state index in [1.54, 1.807) is 19.2 Å². The molecule has 5 atom stereocenters. The maximum Gasteiger partial charge on any atom is 1.00 e. The number of urea groups is 1. The summed E-state index contributed by atoms with van der Waals surface area (Å²) >= 11 is 0. The van der Waals surface area contributed by atoms with Gasteiger partial charge in [0.05, 0.1) is 53.4 Å². The molecule has 1 saturated heterocycles. The summed E-state index contributed by atoms with van der Waals surface area (Å²) in [5.74, 6) is -2.71. The average Bonchev–Trinajstić information content (AvgIpc) is 3.11. The molecule has 0 spiro atoms. The van der Waals surface area contributed by atoms with Crippen molar-refractivity contribution in [2.75, 3.05) is 5.32 Å². The van der Waals surface area contributed by atoms with E-state index in [1.807, 2.05) is 36.4 Å². The van der Waals surface area contributed by atoms with Crippen molar-refractivity contribution in [3.8, 4) is 11.3 Å². The van der Waals surface area contributed by atoms with Crippen molar-refractivity contribution in [1.82, 2.24) is 15.2 Å². The van der Waals surface area contributed by atoms with Gasteiger partial charge in [0, 0.05) is 11.5 Å². The van der Waals surface area contributed by atoms with E-state index in [-0.39, 0.29) is 41.2 Å². The third-order valence-electron chi connectivity index (χ3n) is 7.01. The van der Waals surface area contributed by atoms with Gasteiger partial charge in [0.25, 0.3) is 0 Å². The number of aliphatic hydroxyl groups is 1. The number of anilines is 1. The number of nitrogens with one attached hydrogen (secondary N) is 2. The number of rotatable bonds is 5.